The van der Waals surface area contributed by atoms with Gasteiger partial charge in [0, 0.05) is 16.7 Å². The summed E-state index contributed by atoms with van der Waals surface area (Å²) in [5.74, 6) is 4.26. The van der Waals surface area contributed by atoms with Crippen LogP contribution in [0.1, 0.15) is 64.7 Å². The van der Waals surface area contributed by atoms with Crippen LogP contribution in [0.5, 0.6) is 0 Å². The van der Waals surface area contributed by atoms with Gasteiger partial charge in [0.15, 0.2) is 0 Å². The Bertz CT molecular complexity index is 386. The molecule has 0 heterocycles. The van der Waals surface area contributed by atoms with Gasteiger partial charge in [-0.25, -0.2) is 0 Å². The van der Waals surface area contributed by atoms with E-state index in [1.807, 2.05) is 0 Å². The molecule has 2 unspecified atom stereocenters. The van der Waals surface area contributed by atoms with Gasteiger partial charge >= 0.3 is 0 Å². The Balaban J connectivity index is 1.39. The largest absolute Gasteiger partial charge is 0.353 e. The number of nitrogens with one attached hydrogen (secondary N) is 1. The molecule has 0 radical (unpaired) electrons. The summed E-state index contributed by atoms with van der Waals surface area (Å²) in [6.07, 6.45) is 11.6. The highest BCUT2D eigenvalue weighted by Crippen LogP contribution is 2.60. The number of carbonyl (C=O) groups excluding carboxylic acids is 1. The zero-order valence-electron chi connectivity index (χ0n) is 13.3. The number of hydrogen-bond acceptors (Lipinski definition) is 2. The van der Waals surface area contributed by atoms with Crippen molar-refractivity contribution in [3.63, 3.8) is 0 Å². The molecule has 2 nitrogen and oxygen atoms in total. The zero-order valence-corrected chi connectivity index (χ0v) is 14.1. The van der Waals surface area contributed by atoms with Crippen LogP contribution in [0.4, 0.5) is 0 Å². The summed E-state index contributed by atoms with van der Waals surface area (Å²) < 4.78 is 0. The third-order valence-corrected chi connectivity index (χ3v) is 7.87. The van der Waals surface area contributed by atoms with Crippen molar-refractivity contribution in [2.45, 2.75) is 76.0 Å². The van der Waals surface area contributed by atoms with Gasteiger partial charge < -0.3 is 5.32 Å². The van der Waals surface area contributed by atoms with Crippen LogP contribution in [-0.2, 0) is 4.79 Å². The Morgan fingerprint density at radius 3 is 2.24 bits per heavy atom. The second-order valence-corrected chi connectivity index (χ2v) is 9.84. The Morgan fingerprint density at radius 2 is 1.67 bits per heavy atom. The molecule has 5 aliphatic rings. The molecule has 1 amide bonds. The highest BCUT2D eigenvalue weighted by Gasteiger charge is 2.54. The second kappa shape index (κ2) is 5.47. The molecule has 4 bridgehead atoms. The molecule has 5 aliphatic carbocycles. The molecule has 1 N–H and O–H groups in total. The molecule has 5 rings (SSSR count). The third kappa shape index (κ3) is 2.64. The quantitative estimate of drug-likeness (QED) is 0.851. The van der Waals surface area contributed by atoms with Crippen LogP contribution in [0.3, 0.4) is 0 Å². The van der Waals surface area contributed by atoms with Gasteiger partial charge in [0.25, 0.3) is 0 Å². The number of rotatable bonds is 4. The van der Waals surface area contributed by atoms with Gasteiger partial charge in [0.05, 0.1) is 0 Å². The maximum absolute atomic E-state index is 13.0. The lowest BCUT2D eigenvalue weighted by atomic mass is 9.49. The topological polar surface area (TPSA) is 29.1 Å². The van der Waals surface area contributed by atoms with E-state index in [9.17, 15) is 4.79 Å². The van der Waals surface area contributed by atoms with E-state index < -0.39 is 0 Å². The van der Waals surface area contributed by atoms with Gasteiger partial charge in [-0.3, -0.25) is 4.79 Å². The van der Waals surface area contributed by atoms with Crippen LogP contribution in [0.15, 0.2) is 0 Å². The fourth-order valence-electron chi connectivity index (χ4n) is 6.19. The van der Waals surface area contributed by atoms with Crippen molar-refractivity contribution in [2.24, 2.45) is 23.2 Å². The van der Waals surface area contributed by atoms with Crippen molar-refractivity contribution >= 4 is 17.7 Å². The summed E-state index contributed by atoms with van der Waals surface area (Å²) in [5.41, 5.74) is 0.0464. The highest BCUT2D eigenvalue weighted by atomic mass is 32.2. The van der Waals surface area contributed by atoms with E-state index in [1.165, 1.54) is 63.5 Å². The molecule has 0 aromatic rings. The van der Waals surface area contributed by atoms with Crippen LogP contribution in [0, 0.1) is 23.2 Å². The lowest BCUT2D eigenvalue weighted by molar-refractivity contribution is -0.147. The first-order chi connectivity index (χ1) is 10.2. The molecular weight excluding hydrogens is 278 g/mol. The Morgan fingerprint density at radius 1 is 1.05 bits per heavy atom. The Labute approximate surface area is 133 Å². The van der Waals surface area contributed by atoms with Crippen LogP contribution >= 0.6 is 11.8 Å². The smallest absolute Gasteiger partial charge is 0.226 e. The predicted octanol–water partition coefficient (Wildman–Crippen LogP) is 3.99. The van der Waals surface area contributed by atoms with E-state index in [0.29, 0.717) is 11.9 Å². The summed E-state index contributed by atoms with van der Waals surface area (Å²) in [6, 6.07) is 0.467. The van der Waals surface area contributed by atoms with Crippen LogP contribution in [0.2, 0.25) is 0 Å². The van der Waals surface area contributed by atoms with E-state index in [4.69, 9.17) is 0 Å². The van der Waals surface area contributed by atoms with Gasteiger partial charge in [0.1, 0.15) is 0 Å². The summed E-state index contributed by atoms with van der Waals surface area (Å²) in [7, 11) is 0. The molecule has 0 spiro atoms. The van der Waals surface area contributed by atoms with E-state index in [1.54, 1.807) is 0 Å². The summed E-state index contributed by atoms with van der Waals surface area (Å²) in [6.45, 7) is 2.24. The molecule has 0 aliphatic heterocycles. The van der Waals surface area contributed by atoms with E-state index in [2.05, 4.69) is 24.0 Å². The lowest BCUT2D eigenvalue weighted by Gasteiger charge is -2.55. The molecule has 118 valence electrons. The summed E-state index contributed by atoms with van der Waals surface area (Å²) in [5, 5.41) is 4.26. The first kappa shape index (κ1) is 14.4. The fraction of sp³-hybridized carbons (Fsp3) is 0.944. The Hall–Kier alpha value is -0.180. The van der Waals surface area contributed by atoms with E-state index >= 15 is 0 Å². The lowest BCUT2D eigenvalue weighted by Crippen LogP contribution is -2.55. The van der Waals surface area contributed by atoms with Gasteiger partial charge in [0.2, 0.25) is 5.91 Å². The molecule has 21 heavy (non-hydrogen) atoms. The van der Waals surface area contributed by atoms with Crippen molar-refractivity contribution in [3.8, 4) is 0 Å². The van der Waals surface area contributed by atoms with Crippen LogP contribution in [-0.4, -0.2) is 23.0 Å². The molecule has 0 aromatic carbocycles. The van der Waals surface area contributed by atoms with Gasteiger partial charge in [-0.1, -0.05) is 6.92 Å². The molecule has 0 saturated heterocycles. The summed E-state index contributed by atoms with van der Waals surface area (Å²) in [4.78, 5) is 13.0. The minimum atomic E-state index is 0.0464. The zero-order chi connectivity index (χ0) is 14.4. The minimum Gasteiger partial charge on any atom is -0.353 e. The molecule has 0 aromatic heterocycles. The fourth-order valence-corrected chi connectivity index (χ4v) is 7.33. The third-order valence-electron chi connectivity index (χ3n) is 6.64. The predicted molar refractivity (Wildman–Crippen MR) is 88.3 cm³/mol. The minimum absolute atomic E-state index is 0.0464. The molecular formula is C18H29NOS. The van der Waals surface area contributed by atoms with Crippen LogP contribution in [0.25, 0.3) is 0 Å². The number of carbonyl (C=O) groups is 1. The first-order valence-corrected chi connectivity index (χ1v) is 10.1. The highest BCUT2D eigenvalue weighted by molar-refractivity contribution is 7.99. The molecule has 2 atom stereocenters. The van der Waals surface area contributed by atoms with Crippen molar-refractivity contribution < 1.29 is 4.79 Å². The van der Waals surface area contributed by atoms with E-state index in [-0.39, 0.29) is 5.41 Å². The second-order valence-electron chi connectivity index (χ2n) is 8.26. The summed E-state index contributed by atoms with van der Waals surface area (Å²) >= 11 is 2.08. The number of hydrogen-bond donors (Lipinski definition) is 1. The van der Waals surface area contributed by atoms with Gasteiger partial charge in [-0.05, 0) is 81.3 Å². The average molecular weight is 308 g/mol. The van der Waals surface area contributed by atoms with Crippen molar-refractivity contribution in [1.82, 2.24) is 5.32 Å². The Kier molecular flexibility index (Phi) is 3.76. The standard InChI is InChI=1S/C18H29NOS/c1-2-21-16-4-3-15(8-16)19-17(20)18-9-12-5-13(10-18)7-14(6-12)11-18/h12-16H,2-11H2,1H3,(H,19,20). The maximum atomic E-state index is 13.0. The number of thioether (sulfide) groups is 1. The van der Waals surface area contributed by atoms with E-state index in [0.717, 1.165) is 23.0 Å². The molecule has 5 saturated carbocycles. The SMILES string of the molecule is CCSC1CCC(NC(=O)C23CC4CC(CC(C4)C2)C3)C1. The monoisotopic (exact) mass is 307 g/mol. The van der Waals surface area contributed by atoms with Crippen molar-refractivity contribution in [3.05, 3.63) is 0 Å². The van der Waals surface area contributed by atoms with Crippen molar-refractivity contribution in [2.75, 3.05) is 5.75 Å². The number of amides is 1. The van der Waals surface area contributed by atoms with Gasteiger partial charge in [-0.2, -0.15) is 11.8 Å². The normalized spacial score (nSPS) is 47.8. The average Bonchev–Trinajstić information content (AvgIpc) is 2.85. The maximum Gasteiger partial charge on any atom is 0.226 e. The first-order valence-electron chi connectivity index (χ1n) is 9.09. The van der Waals surface area contributed by atoms with Crippen LogP contribution < -0.4 is 5.32 Å². The molecule has 3 heteroatoms. The van der Waals surface area contributed by atoms with Gasteiger partial charge in [-0.15, -0.1) is 0 Å². The molecule has 5 fully saturated rings. The van der Waals surface area contributed by atoms with Crippen molar-refractivity contribution in [1.29, 1.82) is 0 Å².